The highest BCUT2D eigenvalue weighted by atomic mass is 16.1. The number of carbonyl (C=O) groups is 1. The minimum Gasteiger partial charge on any atom is -0.358 e. The highest BCUT2D eigenvalue weighted by Crippen LogP contribution is 2.22. The van der Waals surface area contributed by atoms with Crippen LogP contribution in [0.2, 0.25) is 0 Å². The quantitative estimate of drug-likeness (QED) is 0.769. The van der Waals surface area contributed by atoms with Gasteiger partial charge in [0.15, 0.2) is 0 Å². The van der Waals surface area contributed by atoms with E-state index in [9.17, 15) is 4.79 Å². The summed E-state index contributed by atoms with van der Waals surface area (Å²) >= 11 is 0. The Morgan fingerprint density at radius 1 is 1.37 bits per heavy atom. The Balaban J connectivity index is 1.87. The fraction of sp³-hybridized carbons (Fsp3) is 0.400. The van der Waals surface area contributed by atoms with Crippen molar-refractivity contribution in [2.24, 2.45) is 0 Å². The number of carbonyl (C=O) groups excluding carboxylic acids is 1. The minimum atomic E-state index is 0.0221. The van der Waals surface area contributed by atoms with Crippen LogP contribution < -0.4 is 10.6 Å². The number of fused-ring (bicyclic) bond motifs is 1. The van der Waals surface area contributed by atoms with Crippen LogP contribution in [0.1, 0.15) is 28.0 Å². The maximum atomic E-state index is 12.2. The van der Waals surface area contributed by atoms with Gasteiger partial charge >= 0.3 is 0 Å². The molecule has 100 valence electrons. The number of nitrogens with one attached hydrogen (secondary N) is 3. The second-order valence-corrected chi connectivity index (χ2v) is 5.30. The Morgan fingerprint density at radius 3 is 2.95 bits per heavy atom. The van der Waals surface area contributed by atoms with Crippen LogP contribution in [0.5, 0.6) is 0 Å². The molecule has 1 amide bonds. The standard InChI is InChI=1S/C15H19N3O/c1-9-10(2)17-14-4-3-11(7-13(9)14)15(19)18-12-5-6-16-8-12/h3-4,7,12,16-17H,5-6,8H2,1-2H3,(H,18,19). The molecule has 1 aliphatic rings. The number of hydrogen-bond acceptors (Lipinski definition) is 2. The van der Waals surface area contributed by atoms with Crippen LogP contribution in [-0.4, -0.2) is 30.0 Å². The molecule has 1 aromatic heterocycles. The number of rotatable bonds is 2. The molecule has 0 bridgehead atoms. The first-order valence-corrected chi connectivity index (χ1v) is 6.75. The number of benzene rings is 1. The van der Waals surface area contributed by atoms with E-state index in [-0.39, 0.29) is 11.9 Å². The summed E-state index contributed by atoms with van der Waals surface area (Å²) < 4.78 is 0. The second-order valence-electron chi connectivity index (χ2n) is 5.30. The van der Waals surface area contributed by atoms with Crippen molar-refractivity contribution in [2.75, 3.05) is 13.1 Å². The first-order chi connectivity index (χ1) is 9.15. The van der Waals surface area contributed by atoms with Gasteiger partial charge < -0.3 is 15.6 Å². The molecule has 4 heteroatoms. The van der Waals surface area contributed by atoms with E-state index in [1.165, 1.54) is 5.56 Å². The van der Waals surface area contributed by atoms with E-state index < -0.39 is 0 Å². The summed E-state index contributed by atoms with van der Waals surface area (Å²) in [5, 5.41) is 7.46. The van der Waals surface area contributed by atoms with E-state index in [1.807, 2.05) is 18.2 Å². The van der Waals surface area contributed by atoms with E-state index in [0.29, 0.717) is 0 Å². The zero-order valence-electron chi connectivity index (χ0n) is 11.3. The van der Waals surface area contributed by atoms with E-state index in [0.717, 1.165) is 41.7 Å². The number of aromatic amines is 1. The highest BCUT2D eigenvalue weighted by molar-refractivity contribution is 5.99. The third-order valence-electron chi connectivity index (χ3n) is 3.97. The van der Waals surface area contributed by atoms with Gasteiger partial charge in [-0.1, -0.05) is 0 Å². The van der Waals surface area contributed by atoms with Gasteiger partial charge in [-0.2, -0.15) is 0 Å². The van der Waals surface area contributed by atoms with Gasteiger partial charge in [-0.3, -0.25) is 4.79 Å². The van der Waals surface area contributed by atoms with Crippen LogP contribution in [-0.2, 0) is 0 Å². The Morgan fingerprint density at radius 2 is 2.21 bits per heavy atom. The van der Waals surface area contributed by atoms with Crippen LogP contribution in [0.4, 0.5) is 0 Å². The Labute approximate surface area is 112 Å². The molecule has 1 aliphatic heterocycles. The SMILES string of the molecule is Cc1[nH]c2ccc(C(=O)NC3CCNC3)cc2c1C. The minimum absolute atomic E-state index is 0.0221. The molecule has 1 saturated heterocycles. The Bertz CT molecular complexity index is 624. The lowest BCUT2D eigenvalue weighted by Gasteiger charge is -2.11. The molecule has 0 aliphatic carbocycles. The van der Waals surface area contributed by atoms with Gasteiger partial charge in [-0.25, -0.2) is 0 Å². The lowest BCUT2D eigenvalue weighted by Crippen LogP contribution is -2.36. The average Bonchev–Trinajstić information content (AvgIpc) is 2.99. The van der Waals surface area contributed by atoms with Crippen molar-refractivity contribution in [2.45, 2.75) is 26.3 Å². The van der Waals surface area contributed by atoms with Crippen LogP contribution in [0.15, 0.2) is 18.2 Å². The van der Waals surface area contributed by atoms with Crippen LogP contribution in [0, 0.1) is 13.8 Å². The van der Waals surface area contributed by atoms with Crippen molar-refractivity contribution < 1.29 is 4.79 Å². The summed E-state index contributed by atoms with van der Waals surface area (Å²) in [7, 11) is 0. The summed E-state index contributed by atoms with van der Waals surface area (Å²) in [4.78, 5) is 15.5. The molecule has 2 heterocycles. The summed E-state index contributed by atoms with van der Waals surface area (Å²) in [5.41, 5.74) is 4.20. The fourth-order valence-corrected chi connectivity index (χ4v) is 2.65. The predicted molar refractivity (Wildman–Crippen MR) is 76.5 cm³/mol. The molecule has 1 aromatic carbocycles. The highest BCUT2D eigenvalue weighted by Gasteiger charge is 2.18. The molecule has 1 atom stereocenters. The molecule has 19 heavy (non-hydrogen) atoms. The van der Waals surface area contributed by atoms with Gasteiger partial charge in [0, 0.05) is 34.7 Å². The van der Waals surface area contributed by atoms with Crippen LogP contribution in [0.3, 0.4) is 0 Å². The Kier molecular flexibility index (Phi) is 3.03. The third-order valence-corrected chi connectivity index (χ3v) is 3.97. The van der Waals surface area contributed by atoms with E-state index in [4.69, 9.17) is 0 Å². The van der Waals surface area contributed by atoms with Gasteiger partial charge in [0.05, 0.1) is 0 Å². The Hall–Kier alpha value is -1.81. The number of hydrogen-bond donors (Lipinski definition) is 3. The summed E-state index contributed by atoms with van der Waals surface area (Å²) in [6.45, 7) is 5.99. The lowest BCUT2D eigenvalue weighted by atomic mass is 10.1. The van der Waals surface area contributed by atoms with Gasteiger partial charge in [0.2, 0.25) is 0 Å². The van der Waals surface area contributed by atoms with E-state index >= 15 is 0 Å². The summed E-state index contributed by atoms with van der Waals surface area (Å²) in [6, 6.07) is 6.11. The van der Waals surface area contributed by atoms with Crippen LogP contribution >= 0.6 is 0 Å². The molecule has 0 spiro atoms. The molecular weight excluding hydrogens is 238 g/mol. The van der Waals surface area contributed by atoms with Crippen molar-refractivity contribution in [1.82, 2.24) is 15.6 Å². The zero-order valence-corrected chi connectivity index (χ0v) is 11.3. The number of H-pyrrole nitrogens is 1. The molecule has 3 N–H and O–H groups in total. The lowest BCUT2D eigenvalue weighted by molar-refractivity contribution is 0.0940. The van der Waals surface area contributed by atoms with Crippen molar-refractivity contribution in [3.8, 4) is 0 Å². The first-order valence-electron chi connectivity index (χ1n) is 6.75. The maximum Gasteiger partial charge on any atom is 0.251 e. The fourth-order valence-electron chi connectivity index (χ4n) is 2.65. The molecule has 1 unspecified atom stereocenters. The van der Waals surface area contributed by atoms with Gasteiger partial charge in [0.25, 0.3) is 5.91 Å². The maximum absolute atomic E-state index is 12.2. The molecule has 4 nitrogen and oxygen atoms in total. The van der Waals surface area contributed by atoms with Crippen molar-refractivity contribution >= 4 is 16.8 Å². The number of aromatic nitrogens is 1. The monoisotopic (exact) mass is 257 g/mol. The van der Waals surface area contributed by atoms with E-state index in [1.54, 1.807) is 0 Å². The number of amides is 1. The summed E-state index contributed by atoms with van der Waals surface area (Å²) in [6.07, 6.45) is 1.01. The van der Waals surface area contributed by atoms with Crippen molar-refractivity contribution in [1.29, 1.82) is 0 Å². The van der Waals surface area contributed by atoms with Gasteiger partial charge in [0.1, 0.15) is 0 Å². The van der Waals surface area contributed by atoms with E-state index in [2.05, 4.69) is 29.5 Å². The smallest absolute Gasteiger partial charge is 0.251 e. The molecule has 0 saturated carbocycles. The largest absolute Gasteiger partial charge is 0.358 e. The van der Waals surface area contributed by atoms with Gasteiger partial charge in [-0.05, 0) is 50.6 Å². The molecule has 1 fully saturated rings. The first kappa shape index (κ1) is 12.2. The molecular formula is C15H19N3O. The predicted octanol–water partition coefficient (Wildman–Crippen LogP) is 1.88. The zero-order chi connectivity index (χ0) is 13.4. The summed E-state index contributed by atoms with van der Waals surface area (Å²) in [5.74, 6) is 0.0221. The normalized spacial score (nSPS) is 18.9. The van der Waals surface area contributed by atoms with Gasteiger partial charge in [-0.15, -0.1) is 0 Å². The van der Waals surface area contributed by atoms with Crippen molar-refractivity contribution in [3.05, 3.63) is 35.0 Å². The molecule has 0 radical (unpaired) electrons. The van der Waals surface area contributed by atoms with Crippen molar-refractivity contribution in [3.63, 3.8) is 0 Å². The number of aryl methyl sites for hydroxylation is 2. The topological polar surface area (TPSA) is 56.9 Å². The third kappa shape index (κ3) is 2.24. The molecule has 2 aromatic rings. The second kappa shape index (κ2) is 4.70. The molecule has 3 rings (SSSR count). The average molecular weight is 257 g/mol. The van der Waals surface area contributed by atoms with Crippen LogP contribution in [0.25, 0.3) is 10.9 Å².